The van der Waals surface area contributed by atoms with E-state index in [4.69, 9.17) is 0 Å². The first kappa shape index (κ1) is 13.0. The number of aromatic nitrogens is 3. The Morgan fingerprint density at radius 1 is 1.15 bits per heavy atom. The predicted octanol–water partition coefficient (Wildman–Crippen LogP) is 4.17. The van der Waals surface area contributed by atoms with Crippen LogP contribution in [0.15, 0.2) is 42.7 Å². The second-order valence-electron chi connectivity index (χ2n) is 5.50. The van der Waals surface area contributed by atoms with Crippen LogP contribution in [0.25, 0.3) is 10.9 Å². The van der Waals surface area contributed by atoms with Crippen molar-refractivity contribution in [2.75, 3.05) is 0 Å². The fourth-order valence-electron chi connectivity index (χ4n) is 2.58. The van der Waals surface area contributed by atoms with Crippen LogP contribution in [0.2, 0.25) is 0 Å². The maximum absolute atomic E-state index is 4.68. The average molecular weight is 267 g/mol. The average Bonchev–Trinajstić information content (AvgIpc) is 3.07. The highest BCUT2D eigenvalue weighted by molar-refractivity contribution is 5.83. The molecular weight excluding hydrogens is 246 g/mol. The van der Waals surface area contributed by atoms with Gasteiger partial charge in [-0.3, -0.25) is 4.68 Å². The van der Waals surface area contributed by atoms with Gasteiger partial charge in [-0.1, -0.05) is 19.1 Å². The van der Waals surface area contributed by atoms with Crippen LogP contribution in [0.5, 0.6) is 0 Å². The van der Waals surface area contributed by atoms with Crippen LogP contribution in [0, 0.1) is 6.92 Å². The van der Waals surface area contributed by atoms with E-state index in [1.807, 2.05) is 0 Å². The lowest BCUT2D eigenvalue weighted by molar-refractivity contribution is 0.472. The third-order valence-corrected chi connectivity index (χ3v) is 4.07. The van der Waals surface area contributed by atoms with Crippen molar-refractivity contribution in [2.45, 2.75) is 39.8 Å². The number of hydrogen-bond donors (Lipinski definition) is 0. The lowest BCUT2D eigenvalue weighted by Gasteiger charge is -2.08. The van der Waals surface area contributed by atoms with Gasteiger partial charge in [0.05, 0.1) is 12.2 Å². The number of nitrogens with zero attached hydrogens (tertiary/aromatic N) is 3. The molecule has 104 valence electrons. The predicted molar refractivity (Wildman–Crippen MR) is 83.0 cm³/mol. The van der Waals surface area contributed by atoms with Crippen LogP contribution in [0.3, 0.4) is 0 Å². The van der Waals surface area contributed by atoms with E-state index in [0.29, 0.717) is 6.04 Å². The van der Waals surface area contributed by atoms with E-state index >= 15 is 0 Å². The number of aryl methyl sites for hydroxylation is 1. The molecule has 2 aromatic heterocycles. The van der Waals surface area contributed by atoms with Crippen molar-refractivity contribution in [3.63, 3.8) is 0 Å². The Hall–Kier alpha value is -2.03. The first-order chi connectivity index (χ1) is 9.69. The normalized spacial score (nSPS) is 12.9. The van der Waals surface area contributed by atoms with E-state index in [9.17, 15) is 0 Å². The number of fused-ring (bicyclic) bond motifs is 1. The molecule has 0 saturated heterocycles. The summed E-state index contributed by atoms with van der Waals surface area (Å²) < 4.78 is 4.33. The van der Waals surface area contributed by atoms with Gasteiger partial charge in [0.15, 0.2) is 0 Å². The van der Waals surface area contributed by atoms with Crippen LogP contribution in [0.4, 0.5) is 0 Å². The summed E-state index contributed by atoms with van der Waals surface area (Å²) in [7, 11) is 0. The molecular formula is C17H21N3. The van der Waals surface area contributed by atoms with Gasteiger partial charge in [0.2, 0.25) is 0 Å². The molecule has 0 aliphatic heterocycles. The molecule has 0 aliphatic carbocycles. The summed E-state index contributed by atoms with van der Waals surface area (Å²) in [6.45, 7) is 7.38. The molecule has 1 unspecified atom stereocenters. The summed E-state index contributed by atoms with van der Waals surface area (Å²) in [6, 6.07) is 11.2. The quantitative estimate of drug-likeness (QED) is 0.695. The van der Waals surface area contributed by atoms with Crippen LogP contribution in [0.1, 0.15) is 37.6 Å². The van der Waals surface area contributed by atoms with Crippen molar-refractivity contribution >= 4 is 10.9 Å². The molecule has 2 heterocycles. The zero-order valence-electron chi connectivity index (χ0n) is 12.4. The summed E-state index contributed by atoms with van der Waals surface area (Å²) in [5.41, 5.74) is 3.72. The zero-order chi connectivity index (χ0) is 14.1. The molecule has 1 aromatic carbocycles. The minimum Gasteiger partial charge on any atom is -0.341 e. The molecule has 3 heteroatoms. The Morgan fingerprint density at radius 3 is 2.80 bits per heavy atom. The summed E-state index contributed by atoms with van der Waals surface area (Å²) in [6.07, 6.45) is 5.34. The minimum absolute atomic E-state index is 0.465. The van der Waals surface area contributed by atoms with E-state index < -0.39 is 0 Å². The Morgan fingerprint density at radius 2 is 2.00 bits per heavy atom. The van der Waals surface area contributed by atoms with Gasteiger partial charge < -0.3 is 4.57 Å². The monoisotopic (exact) mass is 267 g/mol. The Balaban J connectivity index is 1.90. The fourth-order valence-corrected chi connectivity index (χ4v) is 2.58. The first-order valence-corrected chi connectivity index (χ1v) is 7.27. The molecule has 0 radical (unpaired) electrons. The maximum Gasteiger partial charge on any atom is 0.0821 e. The SMILES string of the molecule is CCC(C)n1ccc(Cn2ccc3c(C)cccc32)n1. The molecule has 1 atom stereocenters. The van der Waals surface area contributed by atoms with E-state index in [0.717, 1.165) is 18.7 Å². The smallest absolute Gasteiger partial charge is 0.0821 e. The highest BCUT2D eigenvalue weighted by atomic mass is 15.3. The van der Waals surface area contributed by atoms with Gasteiger partial charge in [-0.15, -0.1) is 0 Å². The van der Waals surface area contributed by atoms with Gasteiger partial charge in [-0.2, -0.15) is 5.10 Å². The largest absolute Gasteiger partial charge is 0.341 e. The van der Waals surface area contributed by atoms with Gasteiger partial charge in [-0.05, 0) is 44.0 Å². The second kappa shape index (κ2) is 5.16. The molecule has 0 N–H and O–H groups in total. The zero-order valence-corrected chi connectivity index (χ0v) is 12.4. The fraction of sp³-hybridized carbons (Fsp3) is 0.353. The van der Waals surface area contributed by atoms with Crippen LogP contribution in [-0.2, 0) is 6.54 Å². The van der Waals surface area contributed by atoms with Crippen LogP contribution >= 0.6 is 0 Å². The van der Waals surface area contributed by atoms with Crippen LogP contribution in [-0.4, -0.2) is 14.3 Å². The molecule has 0 saturated carbocycles. The van der Waals surface area contributed by atoms with E-state index in [1.165, 1.54) is 16.5 Å². The summed E-state index contributed by atoms with van der Waals surface area (Å²) in [4.78, 5) is 0. The van der Waals surface area contributed by atoms with Crippen molar-refractivity contribution < 1.29 is 0 Å². The number of benzene rings is 1. The maximum atomic E-state index is 4.68. The molecule has 3 nitrogen and oxygen atoms in total. The molecule has 0 amide bonds. The van der Waals surface area contributed by atoms with E-state index in [-0.39, 0.29) is 0 Å². The van der Waals surface area contributed by atoms with Crippen molar-refractivity contribution in [3.05, 3.63) is 54.0 Å². The molecule has 0 spiro atoms. The Labute approximate surface area is 119 Å². The Kier molecular flexibility index (Phi) is 3.35. The molecule has 20 heavy (non-hydrogen) atoms. The molecule has 0 bridgehead atoms. The molecule has 3 aromatic rings. The van der Waals surface area contributed by atoms with Crippen molar-refractivity contribution in [1.82, 2.24) is 14.3 Å². The van der Waals surface area contributed by atoms with Gasteiger partial charge in [0, 0.05) is 29.3 Å². The van der Waals surface area contributed by atoms with Gasteiger partial charge >= 0.3 is 0 Å². The van der Waals surface area contributed by atoms with Gasteiger partial charge in [0.25, 0.3) is 0 Å². The minimum atomic E-state index is 0.465. The highest BCUT2D eigenvalue weighted by Gasteiger charge is 2.07. The summed E-state index contributed by atoms with van der Waals surface area (Å²) >= 11 is 0. The molecule has 0 fully saturated rings. The third-order valence-electron chi connectivity index (χ3n) is 4.07. The standard InChI is InChI=1S/C17H21N3/c1-4-14(3)20-11-8-15(18-20)12-19-10-9-16-13(2)6-5-7-17(16)19/h5-11,14H,4,12H2,1-3H3. The third kappa shape index (κ3) is 2.24. The number of rotatable bonds is 4. The van der Waals surface area contributed by atoms with Crippen LogP contribution < -0.4 is 0 Å². The lowest BCUT2D eigenvalue weighted by atomic mass is 10.1. The summed E-state index contributed by atoms with van der Waals surface area (Å²) in [5.74, 6) is 0. The number of hydrogen-bond acceptors (Lipinski definition) is 1. The van der Waals surface area contributed by atoms with E-state index in [1.54, 1.807) is 0 Å². The van der Waals surface area contributed by atoms with Crippen molar-refractivity contribution in [3.8, 4) is 0 Å². The first-order valence-electron chi connectivity index (χ1n) is 7.27. The van der Waals surface area contributed by atoms with E-state index in [2.05, 4.69) is 77.8 Å². The Bertz CT molecular complexity index is 721. The second-order valence-corrected chi connectivity index (χ2v) is 5.50. The lowest BCUT2D eigenvalue weighted by Crippen LogP contribution is -2.06. The van der Waals surface area contributed by atoms with Crippen molar-refractivity contribution in [2.24, 2.45) is 0 Å². The highest BCUT2D eigenvalue weighted by Crippen LogP contribution is 2.20. The van der Waals surface area contributed by atoms with Gasteiger partial charge in [-0.25, -0.2) is 0 Å². The summed E-state index contributed by atoms with van der Waals surface area (Å²) in [5, 5.41) is 6.01. The topological polar surface area (TPSA) is 22.8 Å². The van der Waals surface area contributed by atoms with Crippen molar-refractivity contribution in [1.29, 1.82) is 0 Å². The molecule has 0 aliphatic rings. The van der Waals surface area contributed by atoms with Gasteiger partial charge in [0.1, 0.15) is 0 Å². The molecule has 3 rings (SSSR count).